The molecule has 160 valence electrons. The summed E-state index contributed by atoms with van der Waals surface area (Å²) in [6, 6.07) is 11.6. The average Bonchev–Trinajstić information content (AvgIpc) is 3.46. The first kappa shape index (κ1) is 21.3. The van der Waals surface area contributed by atoms with E-state index in [1.165, 1.54) is 4.88 Å². The fourth-order valence-electron chi connectivity index (χ4n) is 3.50. The van der Waals surface area contributed by atoms with E-state index in [1.54, 1.807) is 23.5 Å². The summed E-state index contributed by atoms with van der Waals surface area (Å²) in [5.74, 6) is -0.136. The molecule has 2 aromatic rings. The number of ether oxygens (including phenoxy) is 1. The molecule has 2 N–H and O–H groups in total. The number of nitrogens with one attached hydrogen (secondary N) is 2. The first-order chi connectivity index (χ1) is 14.5. The molecule has 0 bridgehead atoms. The molecule has 1 saturated heterocycles. The van der Waals surface area contributed by atoms with Crippen LogP contribution in [0.3, 0.4) is 0 Å². The molecule has 0 radical (unpaired) electrons. The van der Waals surface area contributed by atoms with Gasteiger partial charge in [0, 0.05) is 42.7 Å². The minimum atomic E-state index is -0.0690. The van der Waals surface area contributed by atoms with Gasteiger partial charge in [-0.1, -0.05) is 23.7 Å². The van der Waals surface area contributed by atoms with Crippen LogP contribution >= 0.6 is 22.9 Å². The SMILES string of the molecule is O=C(Cc1cccc(C(=O)NC2CC2)c1)NC[C@H]1CN(Cc2ccc(Cl)s2)CCO1. The Morgan fingerprint density at radius 1 is 1.23 bits per heavy atom. The summed E-state index contributed by atoms with van der Waals surface area (Å²) >= 11 is 7.61. The normalized spacial score (nSPS) is 19.4. The third-order valence-electron chi connectivity index (χ3n) is 5.22. The van der Waals surface area contributed by atoms with Crippen LogP contribution in [0.1, 0.15) is 33.6 Å². The van der Waals surface area contributed by atoms with Gasteiger partial charge in [-0.3, -0.25) is 14.5 Å². The number of thiophene rings is 1. The number of nitrogens with zero attached hydrogens (tertiary/aromatic N) is 1. The maximum Gasteiger partial charge on any atom is 0.251 e. The zero-order valence-electron chi connectivity index (χ0n) is 16.7. The molecule has 0 spiro atoms. The van der Waals surface area contributed by atoms with Crippen LogP contribution in [-0.2, 0) is 22.5 Å². The molecule has 0 unspecified atom stereocenters. The lowest BCUT2D eigenvalue weighted by Gasteiger charge is -2.32. The van der Waals surface area contributed by atoms with Crippen molar-refractivity contribution in [3.63, 3.8) is 0 Å². The van der Waals surface area contributed by atoms with Gasteiger partial charge in [0.1, 0.15) is 0 Å². The summed E-state index contributed by atoms with van der Waals surface area (Å²) in [5.41, 5.74) is 1.43. The second-order valence-electron chi connectivity index (χ2n) is 7.86. The van der Waals surface area contributed by atoms with E-state index in [0.717, 1.165) is 42.4 Å². The van der Waals surface area contributed by atoms with Crippen LogP contribution in [-0.4, -0.2) is 55.1 Å². The highest BCUT2D eigenvalue weighted by molar-refractivity contribution is 7.16. The fourth-order valence-corrected chi connectivity index (χ4v) is 4.63. The first-order valence-corrected chi connectivity index (χ1v) is 11.5. The molecule has 30 heavy (non-hydrogen) atoms. The second kappa shape index (κ2) is 9.92. The van der Waals surface area contributed by atoms with Crippen molar-refractivity contribution in [3.8, 4) is 0 Å². The zero-order chi connectivity index (χ0) is 20.9. The van der Waals surface area contributed by atoms with Crippen molar-refractivity contribution in [2.75, 3.05) is 26.2 Å². The molecule has 1 saturated carbocycles. The number of carbonyl (C=O) groups excluding carboxylic acids is 2. The second-order valence-corrected chi connectivity index (χ2v) is 9.66. The van der Waals surface area contributed by atoms with E-state index in [-0.39, 0.29) is 24.3 Å². The molecule has 1 aromatic heterocycles. The molecular formula is C22H26ClN3O3S. The molecule has 4 rings (SSSR count). The van der Waals surface area contributed by atoms with Crippen LogP contribution in [0.25, 0.3) is 0 Å². The summed E-state index contributed by atoms with van der Waals surface area (Å²) in [4.78, 5) is 28.2. The number of amides is 2. The lowest BCUT2D eigenvalue weighted by atomic mass is 10.1. The highest BCUT2D eigenvalue weighted by Gasteiger charge is 2.24. The highest BCUT2D eigenvalue weighted by Crippen LogP contribution is 2.23. The summed E-state index contributed by atoms with van der Waals surface area (Å²) in [7, 11) is 0. The topological polar surface area (TPSA) is 70.7 Å². The van der Waals surface area contributed by atoms with E-state index in [1.807, 2.05) is 18.2 Å². The van der Waals surface area contributed by atoms with E-state index in [2.05, 4.69) is 21.6 Å². The Balaban J connectivity index is 1.22. The Morgan fingerprint density at radius 2 is 2.10 bits per heavy atom. The van der Waals surface area contributed by atoms with Gasteiger partial charge in [-0.15, -0.1) is 11.3 Å². The number of halogens is 1. The third kappa shape index (κ3) is 6.28. The van der Waals surface area contributed by atoms with Gasteiger partial charge in [0.2, 0.25) is 5.91 Å². The monoisotopic (exact) mass is 447 g/mol. The Labute approximate surface area is 185 Å². The van der Waals surface area contributed by atoms with E-state index < -0.39 is 0 Å². The Hall–Kier alpha value is -1.93. The van der Waals surface area contributed by atoms with Crippen molar-refractivity contribution >= 4 is 34.8 Å². The van der Waals surface area contributed by atoms with Crippen molar-refractivity contribution in [2.45, 2.75) is 38.0 Å². The minimum absolute atomic E-state index is 0.0335. The number of morpholine rings is 1. The van der Waals surface area contributed by atoms with Gasteiger partial charge in [0.05, 0.1) is 23.5 Å². The number of hydrogen-bond acceptors (Lipinski definition) is 5. The lowest BCUT2D eigenvalue weighted by Crippen LogP contribution is -2.47. The predicted octanol–water partition coefficient (Wildman–Crippen LogP) is 2.85. The van der Waals surface area contributed by atoms with Crippen LogP contribution < -0.4 is 10.6 Å². The summed E-state index contributed by atoms with van der Waals surface area (Å²) in [5, 5.41) is 5.94. The fraction of sp³-hybridized carbons (Fsp3) is 0.455. The standard InChI is InChI=1S/C22H26ClN3O3S/c23-20-7-6-19(30-20)14-26-8-9-29-18(13-26)12-24-21(27)11-15-2-1-3-16(10-15)22(28)25-17-4-5-17/h1-3,6-7,10,17-18H,4-5,8-9,11-14H2,(H,24,27)(H,25,28)/t18-/m0/s1. The molecule has 6 nitrogen and oxygen atoms in total. The van der Waals surface area contributed by atoms with Crippen molar-refractivity contribution in [1.82, 2.24) is 15.5 Å². The quantitative estimate of drug-likeness (QED) is 0.652. The molecule has 1 aliphatic heterocycles. The maximum absolute atomic E-state index is 12.4. The van der Waals surface area contributed by atoms with Gasteiger partial charge >= 0.3 is 0 Å². The van der Waals surface area contributed by atoms with Crippen LogP contribution in [0, 0.1) is 0 Å². The minimum Gasteiger partial charge on any atom is -0.374 e. The van der Waals surface area contributed by atoms with Gasteiger partial charge in [-0.25, -0.2) is 0 Å². The summed E-state index contributed by atoms with van der Waals surface area (Å²) in [6.45, 7) is 3.61. The van der Waals surface area contributed by atoms with Crippen molar-refractivity contribution < 1.29 is 14.3 Å². The van der Waals surface area contributed by atoms with Gasteiger partial charge in [-0.05, 0) is 42.7 Å². The maximum atomic E-state index is 12.4. The number of hydrogen-bond donors (Lipinski definition) is 2. The van der Waals surface area contributed by atoms with Gasteiger partial charge in [0.15, 0.2) is 0 Å². The Kier molecular flexibility index (Phi) is 7.04. The molecule has 2 heterocycles. The van der Waals surface area contributed by atoms with E-state index >= 15 is 0 Å². The number of benzene rings is 1. The molecular weight excluding hydrogens is 422 g/mol. The highest BCUT2D eigenvalue weighted by atomic mass is 35.5. The third-order valence-corrected chi connectivity index (χ3v) is 6.44. The van der Waals surface area contributed by atoms with Crippen LogP contribution in [0.4, 0.5) is 0 Å². The van der Waals surface area contributed by atoms with Crippen LogP contribution in [0.2, 0.25) is 4.34 Å². The molecule has 2 fully saturated rings. The van der Waals surface area contributed by atoms with E-state index in [4.69, 9.17) is 16.3 Å². The number of carbonyl (C=O) groups is 2. The van der Waals surface area contributed by atoms with Gasteiger partial charge < -0.3 is 15.4 Å². The average molecular weight is 448 g/mol. The molecule has 1 aliphatic carbocycles. The molecule has 8 heteroatoms. The van der Waals surface area contributed by atoms with Gasteiger partial charge in [-0.2, -0.15) is 0 Å². The van der Waals surface area contributed by atoms with Gasteiger partial charge in [0.25, 0.3) is 5.91 Å². The molecule has 2 amide bonds. The lowest BCUT2D eigenvalue weighted by molar-refractivity contribution is -0.121. The Morgan fingerprint density at radius 3 is 2.87 bits per heavy atom. The molecule has 2 aliphatic rings. The van der Waals surface area contributed by atoms with Crippen molar-refractivity contribution in [3.05, 3.63) is 56.7 Å². The molecule has 1 aromatic carbocycles. The predicted molar refractivity (Wildman–Crippen MR) is 118 cm³/mol. The summed E-state index contributed by atoms with van der Waals surface area (Å²) < 4.78 is 6.62. The smallest absolute Gasteiger partial charge is 0.251 e. The van der Waals surface area contributed by atoms with E-state index in [9.17, 15) is 9.59 Å². The van der Waals surface area contributed by atoms with E-state index in [0.29, 0.717) is 24.8 Å². The number of rotatable bonds is 8. The van der Waals surface area contributed by atoms with Crippen molar-refractivity contribution in [1.29, 1.82) is 0 Å². The van der Waals surface area contributed by atoms with Crippen LogP contribution in [0.5, 0.6) is 0 Å². The van der Waals surface area contributed by atoms with Crippen molar-refractivity contribution in [2.24, 2.45) is 0 Å². The first-order valence-electron chi connectivity index (χ1n) is 10.3. The van der Waals surface area contributed by atoms with Crippen LogP contribution in [0.15, 0.2) is 36.4 Å². The summed E-state index contributed by atoms with van der Waals surface area (Å²) in [6.07, 6.45) is 2.31. The Bertz CT molecular complexity index is 899. The zero-order valence-corrected chi connectivity index (χ0v) is 18.3. The largest absolute Gasteiger partial charge is 0.374 e. The molecule has 1 atom stereocenters.